The van der Waals surface area contributed by atoms with E-state index in [1.54, 1.807) is 36.2 Å². The second kappa shape index (κ2) is 8.55. The number of rotatable bonds is 4. The molecule has 31 heavy (non-hydrogen) atoms. The lowest BCUT2D eigenvalue weighted by molar-refractivity contribution is -0.122. The van der Waals surface area contributed by atoms with Crippen LogP contribution in [0.4, 0.5) is 11.4 Å². The lowest BCUT2D eigenvalue weighted by Crippen LogP contribution is -2.32. The van der Waals surface area contributed by atoms with Crippen LogP contribution in [0.2, 0.25) is 5.02 Å². The molecule has 0 bridgehead atoms. The molecule has 1 aromatic carbocycles. The minimum absolute atomic E-state index is 0.0370. The van der Waals surface area contributed by atoms with Crippen molar-refractivity contribution in [2.75, 3.05) is 29.9 Å². The van der Waals surface area contributed by atoms with Gasteiger partial charge in [-0.05, 0) is 43.2 Å². The number of hydrogen-bond acceptors (Lipinski definition) is 4. The van der Waals surface area contributed by atoms with Crippen LogP contribution >= 0.6 is 11.6 Å². The van der Waals surface area contributed by atoms with Crippen molar-refractivity contribution in [1.82, 2.24) is 9.47 Å². The number of benzene rings is 1. The molecular formula is C22H23ClN4O4. The van der Waals surface area contributed by atoms with Gasteiger partial charge in [0.25, 0.3) is 11.5 Å². The highest BCUT2D eigenvalue weighted by atomic mass is 35.5. The van der Waals surface area contributed by atoms with Crippen LogP contribution in [0.3, 0.4) is 0 Å². The predicted octanol–water partition coefficient (Wildman–Crippen LogP) is 2.27. The van der Waals surface area contributed by atoms with Gasteiger partial charge in [-0.25, -0.2) is 0 Å². The molecule has 0 saturated carbocycles. The van der Waals surface area contributed by atoms with Crippen molar-refractivity contribution in [3.63, 3.8) is 0 Å². The zero-order valence-corrected chi connectivity index (χ0v) is 17.9. The van der Waals surface area contributed by atoms with Crippen LogP contribution in [0.15, 0.2) is 41.3 Å². The average Bonchev–Trinajstić information content (AvgIpc) is 3.41. The fraction of sp³-hybridized carbons (Fsp3) is 0.364. The number of aromatic nitrogens is 1. The summed E-state index contributed by atoms with van der Waals surface area (Å²) >= 11 is 5.90. The van der Waals surface area contributed by atoms with E-state index in [9.17, 15) is 19.2 Å². The molecule has 2 aromatic rings. The monoisotopic (exact) mass is 442 g/mol. The van der Waals surface area contributed by atoms with Gasteiger partial charge in [-0.2, -0.15) is 0 Å². The van der Waals surface area contributed by atoms with Gasteiger partial charge in [-0.3, -0.25) is 19.2 Å². The Balaban J connectivity index is 1.50. The van der Waals surface area contributed by atoms with Gasteiger partial charge in [-0.15, -0.1) is 0 Å². The maximum atomic E-state index is 12.8. The van der Waals surface area contributed by atoms with Gasteiger partial charge in [0, 0.05) is 50.0 Å². The number of hydrogen-bond donors (Lipinski definition) is 1. The molecule has 0 spiro atoms. The first-order chi connectivity index (χ1) is 14.8. The van der Waals surface area contributed by atoms with Crippen molar-refractivity contribution in [1.29, 1.82) is 0 Å². The third kappa shape index (κ3) is 4.34. The number of aryl methyl sites for hydroxylation is 1. The summed E-state index contributed by atoms with van der Waals surface area (Å²) in [5.74, 6) is -1.36. The molecule has 2 aliphatic heterocycles. The Hall–Kier alpha value is -3.13. The van der Waals surface area contributed by atoms with Gasteiger partial charge in [0.1, 0.15) is 5.69 Å². The van der Waals surface area contributed by atoms with Gasteiger partial charge in [0.15, 0.2) is 0 Å². The van der Waals surface area contributed by atoms with E-state index in [0.29, 0.717) is 29.4 Å². The summed E-state index contributed by atoms with van der Waals surface area (Å²) in [5, 5.41) is 3.20. The van der Waals surface area contributed by atoms with Crippen molar-refractivity contribution in [3.05, 3.63) is 57.5 Å². The SMILES string of the molecule is Cn1cc(C(=O)N2CCCC2)cc(NC(=O)[C@H]2CC(=O)N(c3ccc(Cl)cc3)C2)c1=O. The average molecular weight is 443 g/mol. The van der Waals surface area contributed by atoms with Gasteiger partial charge in [-0.1, -0.05) is 11.6 Å². The normalized spacial score (nSPS) is 18.5. The van der Waals surface area contributed by atoms with E-state index >= 15 is 0 Å². The zero-order chi connectivity index (χ0) is 22.1. The van der Waals surface area contributed by atoms with E-state index in [-0.39, 0.29) is 30.5 Å². The summed E-state index contributed by atoms with van der Waals surface area (Å²) < 4.78 is 1.29. The Morgan fingerprint density at radius 3 is 2.45 bits per heavy atom. The summed E-state index contributed by atoms with van der Waals surface area (Å²) in [6.07, 6.45) is 3.45. The Labute approximate surface area is 184 Å². The first kappa shape index (κ1) is 21.1. The number of carbonyl (C=O) groups excluding carboxylic acids is 3. The van der Waals surface area contributed by atoms with Crippen molar-refractivity contribution in [2.45, 2.75) is 19.3 Å². The largest absolute Gasteiger partial charge is 0.339 e. The van der Waals surface area contributed by atoms with Gasteiger partial charge < -0.3 is 19.7 Å². The van der Waals surface area contributed by atoms with Crippen molar-refractivity contribution < 1.29 is 14.4 Å². The van der Waals surface area contributed by atoms with Gasteiger partial charge >= 0.3 is 0 Å². The van der Waals surface area contributed by atoms with Crippen molar-refractivity contribution >= 4 is 40.7 Å². The molecular weight excluding hydrogens is 420 g/mol. The molecule has 3 heterocycles. The number of nitrogens with one attached hydrogen (secondary N) is 1. The number of nitrogens with zero attached hydrogens (tertiary/aromatic N) is 3. The molecule has 8 nitrogen and oxygen atoms in total. The van der Waals surface area contributed by atoms with Crippen LogP contribution in [-0.2, 0) is 16.6 Å². The molecule has 4 rings (SSSR count). The number of pyridine rings is 1. The lowest BCUT2D eigenvalue weighted by atomic mass is 10.1. The van der Waals surface area contributed by atoms with Crippen LogP contribution in [0, 0.1) is 5.92 Å². The quantitative estimate of drug-likeness (QED) is 0.786. The highest BCUT2D eigenvalue weighted by molar-refractivity contribution is 6.30. The summed E-state index contributed by atoms with van der Waals surface area (Å²) in [5.41, 5.74) is 0.642. The minimum atomic E-state index is -0.606. The van der Waals surface area contributed by atoms with Gasteiger partial charge in [0.05, 0.1) is 11.5 Å². The summed E-state index contributed by atoms with van der Waals surface area (Å²) in [7, 11) is 1.54. The van der Waals surface area contributed by atoms with Crippen LogP contribution in [0.25, 0.3) is 0 Å². The number of halogens is 1. The van der Waals surface area contributed by atoms with Crippen molar-refractivity contribution in [3.8, 4) is 0 Å². The number of carbonyl (C=O) groups is 3. The molecule has 0 unspecified atom stereocenters. The van der Waals surface area contributed by atoms with Crippen LogP contribution in [0.1, 0.15) is 29.6 Å². The number of amides is 3. The third-order valence-corrected chi connectivity index (χ3v) is 5.97. The fourth-order valence-corrected chi connectivity index (χ4v) is 4.14. The summed E-state index contributed by atoms with van der Waals surface area (Å²) in [6.45, 7) is 1.58. The second-order valence-corrected chi connectivity index (χ2v) is 8.37. The highest BCUT2D eigenvalue weighted by Gasteiger charge is 2.35. The molecule has 1 atom stereocenters. The highest BCUT2D eigenvalue weighted by Crippen LogP contribution is 2.27. The molecule has 162 valence electrons. The maximum absolute atomic E-state index is 12.8. The van der Waals surface area contributed by atoms with Crippen molar-refractivity contribution in [2.24, 2.45) is 13.0 Å². The summed E-state index contributed by atoms with van der Waals surface area (Å²) in [6, 6.07) is 8.25. The standard InChI is InChI=1S/C22H23ClN4O4/c1-25-12-15(21(30)26-8-2-3-9-26)10-18(22(25)31)24-20(29)14-11-19(28)27(13-14)17-6-4-16(23)5-7-17/h4-7,10,12,14H,2-3,8-9,11,13H2,1H3,(H,24,29)/t14-/m0/s1. The topological polar surface area (TPSA) is 91.7 Å². The second-order valence-electron chi connectivity index (χ2n) is 7.93. The first-order valence-corrected chi connectivity index (χ1v) is 10.6. The fourth-order valence-electron chi connectivity index (χ4n) is 4.01. The minimum Gasteiger partial charge on any atom is -0.339 e. The Morgan fingerprint density at radius 2 is 1.77 bits per heavy atom. The molecule has 3 amide bonds. The van der Waals surface area contributed by atoms with E-state index < -0.39 is 17.4 Å². The Morgan fingerprint density at radius 1 is 1.10 bits per heavy atom. The number of anilines is 2. The smallest absolute Gasteiger partial charge is 0.274 e. The summed E-state index contributed by atoms with van der Waals surface area (Å²) in [4.78, 5) is 53.8. The third-order valence-electron chi connectivity index (χ3n) is 5.72. The molecule has 9 heteroatoms. The molecule has 2 fully saturated rings. The first-order valence-electron chi connectivity index (χ1n) is 10.2. The lowest BCUT2D eigenvalue weighted by Gasteiger charge is -2.18. The van der Waals surface area contributed by atoms with E-state index in [2.05, 4.69) is 5.32 Å². The maximum Gasteiger partial charge on any atom is 0.274 e. The molecule has 0 aliphatic carbocycles. The van der Waals surface area contributed by atoms with Crippen LogP contribution in [-0.4, -0.2) is 46.8 Å². The van der Waals surface area contributed by atoms with Crippen LogP contribution < -0.4 is 15.8 Å². The molecule has 2 saturated heterocycles. The van der Waals surface area contributed by atoms with E-state index in [0.717, 1.165) is 12.8 Å². The predicted molar refractivity (Wildman–Crippen MR) is 117 cm³/mol. The van der Waals surface area contributed by atoms with E-state index in [4.69, 9.17) is 11.6 Å². The molecule has 1 aromatic heterocycles. The Bertz CT molecular complexity index is 1090. The zero-order valence-electron chi connectivity index (χ0n) is 17.1. The Kier molecular flexibility index (Phi) is 5.82. The van der Waals surface area contributed by atoms with Gasteiger partial charge in [0.2, 0.25) is 11.8 Å². The van der Waals surface area contributed by atoms with Crippen LogP contribution in [0.5, 0.6) is 0 Å². The molecule has 2 aliphatic rings. The van der Waals surface area contributed by atoms with E-state index in [1.165, 1.54) is 21.7 Å². The molecule has 1 N–H and O–H groups in total. The van der Waals surface area contributed by atoms with E-state index in [1.807, 2.05) is 0 Å². The number of likely N-dealkylation sites (tertiary alicyclic amines) is 1. The molecule has 0 radical (unpaired) electrons.